The van der Waals surface area contributed by atoms with Crippen LogP contribution < -0.4 is 5.32 Å². The summed E-state index contributed by atoms with van der Waals surface area (Å²) in [6.45, 7) is 3.32. The maximum Gasteiger partial charge on any atom is 0.224 e. The Hall–Kier alpha value is -0.910. The average molecular weight is 472 g/mol. The summed E-state index contributed by atoms with van der Waals surface area (Å²) in [5, 5.41) is 5.19. The first-order valence-corrected chi connectivity index (χ1v) is 12.1. The zero-order chi connectivity index (χ0) is 20.6. The Morgan fingerprint density at radius 2 is 1.97 bits per heavy atom. The zero-order valence-electron chi connectivity index (χ0n) is 16.2. The van der Waals surface area contributed by atoms with Crippen LogP contribution in [0.3, 0.4) is 0 Å². The zero-order valence-corrected chi connectivity index (χ0v) is 19.3. The largest absolute Gasteiger partial charge is 0.355 e. The molecule has 0 spiro atoms. The summed E-state index contributed by atoms with van der Waals surface area (Å²) in [6, 6.07) is 13.5. The topological polar surface area (TPSA) is 32.3 Å². The van der Waals surface area contributed by atoms with E-state index < -0.39 is 0 Å². The Morgan fingerprint density at radius 3 is 2.76 bits per heavy atom. The van der Waals surface area contributed by atoms with E-state index in [9.17, 15) is 4.79 Å². The van der Waals surface area contributed by atoms with Crippen LogP contribution in [0.5, 0.6) is 0 Å². The van der Waals surface area contributed by atoms with Crippen molar-refractivity contribution in [2.45, 2.75) is 25.1 Å². The summed E-state index contributed by atoms with van der Waals surface area (Å²) >= 11 is 20.0. The Balaban J connectivity index is 1.37. The third-order valence-corrected chi connectivity index (χ3v) is 6.82. The summed E-state index contributed by atoms with van der Waals surface area (Å²) in [4.78, 5) is 14.9. The molecule has 1 heterocycles. The van der Waals surface area contributed by atoms with Crippen LogP contribution in [0.1, 0.15) is 24.0 Å². The highest BCUT2D eigenvalue weighted by atomic mass is 35.5. The highest BCUT2D eigenvalue weighted by Gasteiger charge is 2.25. The molecular formula is C22H25Cl3N2OS. The van der Waals surface area contributed by atoms with E-state index in [4.69, 9.17) is 34.8 Å². The third kappa shape index (κ3) is 7.37. The monoisotopic (exact) mass is 470 g/mol. The number of nitrogens with one attached hydrogen (secondary N) is 1. The Kier molecular flexibility index (Phi) is 9.01. The minimum absolute atomic E-state index is 0.0543. The lowest BCUT2D eigenvalue weighted by molar-refractivity contribution is -0.126. The van der Waals surface area contributed by atoms with Crippen LogP contribution in [0.2, 0.25) is 15.1 Å². The molecule has 1 aliphatic rings. The van der Waals surface area contributed by atoms with Gasteiger partial charge in [0.1, 0.15) is 0 Å². The van der Waals surface area contributed by atoms with E-state index in [2.05, 4.69) is 16.3 Å². The molecule has 0 aromatic heterocycles. The van der Waals surface area contributed by atoms with Gasteiger partial charge < -0.3 is 5.32 Å². The molecule has 156 valence electrons. The molecule has 0 bridgehead atoms. The van der Waals surface area contributed by atoms with Crippen molar-refractivity contribution in [2.75, 3.05) is 25.4 Å². The number of likely N-dealkylation sites (tertiary alicyclic amines) is 1. The van der Waals surface area contributed by atoms with Crippen molar-refractivity contribution in [3.63, 3.8) is 0 Å². The lowest BCUT2D eigenvalue weighted by Gasteiger charge is -2.32. The summed E-state index contributed by atoms with van der Waals surface area (Å²) in [7, 11) is 0. The van der Waals surface area contributed by atoms with Crippen LogP contribution >= 0.6 is 46.6 Å². The quantitative estimate of drug-likeness (QED) is 0.486. The number of carbonyl (C=O) groups excluding carboxylic acids is 1. The maximum absolute atomic E-state index is 12.6. The predicted molar refractivity (Wildman–Crippen MR) is 125 cm³/mol. The van der Waals surface area contributed by atoms with Gasteiger partial charge in [-0.15, -0.1) is 0 Å². The van der Waals surface area contributed by atoms with Crippen molar-refractivity contribution in [1.82, 2.24) is 10.2 Å². The van der Waals surface area contributed by atoms with E-state index in [1.807, 2.05) is 30.3 Å². The van der Waals surface area contributed by atoms with E-state index in [1.54, 1.807) is 17.8 Å². The van der Waals surface area contributed by atoms with Gasteiger partial charge in [-0.3, -0.25) is 9.69 Å². The van der Waals surface area contributed by atoms with Gasteiger partial charge in [-0.05, 0) is 54.8 Å². The van der Waals surface area contributed by atoms with Gasteiger partial charge in [0.25, 0.3) is 0 Å². The van der Waals surface area contributed by atoms with Gasteiger partial charge in [0.2, 0.25) is 5.91 Å². The molecule has 2 aromatic carbocycles. The lowest BCUT2D eigenvalue weighted by atomic mass is 9.96. The molecule has 2 aromatic rings. The molecular weight excluding hydrogens is 447 g/mol. The van der Waals surface area contributed by atoms with E-state index in [-0.39, 0.29) is 11.8 Å². The lowest BCUT2D eigenvalue weighted by Crippen LogP contribution is -2.43. The number of hydrogen-bond donors (Lipinski definition) is 1. The van der Waals surface area contributed by atoms with Crippen molar-refractivity contribution in [3.05, 3.63) is 68.7 Å². The first-order chi connectivity index (χ1) is 14.0. The minimum Gasteiger partial charge on any atom is -0.355 e. The number of halogens is 3. The van der Waals surface area contributed by atoms with Crippen molar-refractivity contribution < 1.29 is 4.79 Å². The number of benzene rings is 2. The molecule has 7 heteroatoms. The highest BCUT2D eigenvalue weighted by molar-refractivity contribution is 7.98. The summed E-state index contributed by atoms with van der Waals surface area (Å²) in [6.07, 6.45) is 1.99. The fraction of sp³-hybridized carbons (Fsp3) is 0.409. The molecule has 1 saturated heterocycles. The molecule has 0 radical (unpaired) electrons. The Morgan fingerprint density at radius 1 is 1.14 bits per heavy atom. The smallest absolute Gasteiger partial charge is 0.224 e. The fourth-order valence-corrected chi connectivity index (χ4v) is 5.15. The Labute approximate surface area is 192 Å². The van der Waals surface area contributed by atoms with Crippen LogP contribution in [0.15, 0.2) is 42.5 Å². The van der Waals surface area contributed by atoms with Gasteiger partial charge in [-0.25, -0.2) is 0 Å². The number of nitrogens with zero attached hydrogens (tertiary/aromatic N) is 1. The number of piperidine rings is 1. The molecule has 3 rings (SSSR count). The van der Waals surface area contributed by atoms with Gasteiger partial charge in [0, 0.05) is 46.2 Å². The first-order valence-electron chi connectivity index (χ1n) is 9.77. The molecule has 1 amide bonds. The van der Waals surface area contributed by atoms with E-state index in [1.165, 1.54) is 5.56 Å². The average Bonchev–Trinajstić information content (AvgIpc) is 2.69. The molecule has 1 fully saturated rings. The second-order valence-electron chi connectivity index (χ2n) is 7.28. The summed E-state index contributed by atoms with van der Waals surface area (Å²) < 4.78 is 0. The Bertz CT molecular complexity index is 833. The van der Waals surface area contributed by atoms with E-state index in [0.29, 0.717) is 16.6 Å². The summed E-state index contributed by atoms with van der Waals surface area (Å²) in [5.41, 5.74) is 2.26. The predicted octanol–water partition coefficient (Wildman–Crippen LogP) is 5.91. The van der Waals surface area contributed by atoms with Gasteiger partial charge >= 0.3 is 0 Å². The summed E-state index contributed by atoms with van der Waals surface area (Å²) in [5.74, 6) is 1.87. The van der Waals surface area contributed by atoms with Crippen molar-refractivity contribution in [1.29, 1.82) is 0 Å². The second kappa shape index (κ2) is 11.5. The molecule has 29 heavy (non-hydrogen) atoms. The van der Waals surface area contributed by atoms with E-state index in [0.717, 1.165) is 54.6 Å². The molecule has 0 aliphatic carbocycles. The molecule has 1 N–H and O–H groups in total. The molecule has 0 saturated carbocycles. The van der Waals surface area contributed by atoms with Gasteiger partial charge in [-0.2, -0.15) is 11.8 Å². The number of carbonyl (C=O) groups is 1. The molecule has 1 unspecified atom stereocenters. The van der Waals surface area contributed by atoms with Gasteiger partial charge in [0.15, 0.2) is 0 Å². The van der Waals surface area contributed by atoms with Crippen molar-refractivity contribution in [3.8, 4) is 0 Å². The second-order valence-corrected chi connectivity index (χ2v) is 9.67. The van der Waals surface area contributed by atoms with Crippen LogP contribution in [-0.4, -0.2) is 36.2 Å². The van der Waals surface area contributed by atoms with Crippen LogP contribution in [0.4, 0.5) is 0 Å². The number of thioether (sulfide) groups is 1. The van der Waals surface area contributed by atoms with Crippen molar-refractivity contribution >= 4 is 52.5 Å². The normalized spacial score (nSPS) is 17.3. The van der Waals surface area contributed by atoms with Gasteiger partial charge in [0.05, 0.1) is 5.92 Å². The van der Waals surface area contributed by atoms with Gasteiger partial charge in [-0.1, -0.05) is 53.0 Å². The fourth-order valence-electron chi connectivity index (χ4n) is 3.52. The van der Waals surface area contributed by atoms with Crippen LogP contribution in [0, 0.1) is 5.92 Å². The van der Waals surface area contributed by atoms with E-state index >= 15 is 0 Å². The molecule has 1 aliphatic heterocycles. The van der Waals surface area contributed by atoms with Crippen LogP contribution in [0.25, 0.3) is 0 Å². The third-order valence-electron chi connectivity index (χ3n) is 4.99. The molecule has 1 atom stereocenters. The highest BCUT2D eigenvalue weighted by Crippen LogP contribution is 2.24. The van der Waals surface area contributed by atoms with Crippen molar-refractivity contribution in [2.24, 2.45) is 5.92 Å². The number of amides is 1. The number of hydrogen-bond acceptors (Lipinski definition) is 3. The first kappa shape index (κ1) is 22.8. The maximum atomic E-state index is 12.6. The SMILES string of the molecule is O=C(NCCSCc1ccc(Cl)cc1Cl)C1CCCN(Cc2cccc(Cl)c2)C1. The molecule has 3 nitrogen and oxygen atoms in total. The number of rotatable bonds is 8. The minimum atomic E-state index is 0.0543. The standard InChI is InChI=1S/C22H25Cl3N2OS/c23-19-5-1-3-16(11-19)13-27-9-2-4-17(14-27)22(28)26-8-10-29-15-18-6-7-20(24)12-21(18)25/h1,3,5-7,11-12,17H,2,4,8-10,13-15H2,(H,26,28). The van der Waals surface area contributed by atoms with Crippen LogP contribution in [-0.2, 0) is 17.1 Å².